The van der Waals surface area contributed by atoms with Crippen LogP contribution in [0.3, 0.4) is 0 Å². The van der Waals surface area contributed by atoms with Crippen LogP contribution in [0.25, 0.3) is 99.5 Å². The van der Waals surface area contributed by atoms with Crippen LogP contribution in [-0.4, -0.2) is 15.0 Å². The lowest BCUT2D eigenvalue weighted by atomic mass is 9.99. The first kappa shape index (κ1) is 27.5. The molecule has 0 fully saturated rings. The fourth-order valence-electron chi connectivity index (χ4n) is 7.05. The Morgan fingerprint density at radius 2 is 0.898 bits per heavy atom. The fourth-order valence-corrected chi connectivity index (χ4v) is 7.05. The molecule has 0 aliphatic rings. The van der Waals surface area contributed by atoms with Crippen molar-refractivity contribution in [3.8, 4) is 45.3 Å². The molecule has 10 rings (SSSR count). The second kappa shape index (κ2) is 11.0. The minimum atomic E-state index is 0.606. The minimum Gasteiger partial charge on any atom is -0.456 e. The average molecular weight is 626 g/mol. The number of fused-ring (bicyclic) bond motifs is 7. The third kappa shape index (κ3) is 4.65. The topological polar surface area (TPSA) is 51.8 Å². The highest BCUT2D eigenvalue weighted by atomic mass is 16.3. The second-order valence-electron chi connectivity index (χ2n) is 12.4. The summed E-state index contributed by atoms with van der Waals surface area (Å²) in [6.07, 6.45) is 0. The summed E-state index contributed by atoms with van der Waals surface area (Å²) < 4.78 is 6.24. The summed E-state index contributed by atoms with van der Waals surface area (Å²) in [5, 5.41) is 9.29. The molecule has 0 aliphatic carbocycles. The van der Waals surface area contributed by atoms with Crippen molar-refractivity contribution in [3.63, 3.8) is 0 Å². The van der Waals surface area contributed by atoms with E-state index in [2.05, 4.69) is 133 Å². The Labute approximate surface area is 282 Å². The second-order valence-corrected chi connectivity index (χ2v) is 12.4. The van der Waals surface area contributed by atoms with Gasteiger partial charge in [0.1, 0.15) is 11.2 Å². The van der Waals surface area contributed by atoms with Gasteiger partial charge < -0.3 is 4.42 Å². The molecule has 0 radical (unpaired) electrons. The molecule has 4 nitrogen and oxygen atoms in total. The molecule has 0 atom stereocenters. The highest BCUT2D eigenvalue weighted by molar-refractivity contribution is 6.12. The third-order valence-corrected chi connectivity index (χ3v) is 9.51. The first-order valence-electron chi connectivity index (χ1n) is 16.4. The van der Waals surface area contributed by atoms with Gasteiger partial charge in [0, 0.05) is 27.5 Å². The van der Waals surface area contributed by atoms with Crippen LogP contribution < -0.4 is 0 Å². The van der Waals surface area contributed by atoms with E-state index in [4.69, 9.17) is 19.4 Å². The molecule has 49 heavy (non-hydrogen) atoms. The quantitative estimate of drug-likeness (QED) is 0.183. The van der Waals surface area contributed by atoms with E-state index in [0.29, 0.717) is 17.5 Å². The normalized spacial score (nSPS) is 11.7. The van der Waals surface area contributed by atoms with Crippen LogP contribution >= 0.6 is 0 Å². The first-order chi connectivity index (χ1) is 24.2. The Hall–Kier alpha value is -6.65. The van der Waals surface area contributed by atoms with Crippen LogP contribution in [0, 0.1) is 0 Å². The van der Waals surface area contributed by atoms with E-state index in [-0.39, 0.29) is 0 Å². The van der Waals surface area contributed by atoms with Gasteiger partial charge in [0.25, 0.3) is 0 Å². The molecule has 0 N–H and O–H groups in total. The van der Waals surface area contributed by atoms with Crippen molar-refractivity contribution < 1.29 is 4.42 Å². The van der Waals surface area contributed by atoms with Crippen LogP contribution in [0.4, 0.5) is 0 Å². The highest BCUT2D eigenvalue weighted by Crippen LogP contribution is 2.37. The largest absolute Gasteiger partial charge is 0.456 e. The average Bonchev–Trinajstić information content (AvgIpc) is 3.56. The van der Waals surface area contributed by atoms with Crippen molar-refractivity contribution in [2.24, 2.45) is 0 Å². The van der Waals surface area contributed by atoms with Crippen LogP contribution in [-0.2, 0) is 0 Å². The predicted octanol–water partition coefficient (Wildman–Crippen LogP) is 11.9. The Morgan fingerprint density at radius 1 is 0.327 bits per heavy atom. The third-order valence-electron chi connectivity index (χ3n) is 9.51. The fraction of sp³-hybridized carbons (Fsp3) is 0. The van der Waals surface area contributed by atoms with Gasteiger partial charge in [-0.05, 0) is 67.7 Å². The van der Waals surface area contributed by atoms with E-state index in [1.54, 1.807) is 0 Å². The van der Waals surface area contributed by atoms with E-state index in [9.17, 15) is 0 Å². The van der Waals surface area contributed by atoms with E-state index >= 15 is 0 Å². The molecule has 2 aromatic heterocycles. The number of furan rings is 1. The monoisotopic (exact) mass is 625 g/mol. The maximum atomic E-state index is 6.24. The standard InChI is InChI=1S/C45H27N3O/c1-2-10-32-26-33(22-18-28(32)8-1)29-16-20-31(21-17-29)43-46-44(35-24-25-37-34(27-35)23-19-30-9-3-4-11-36(30)37)48-45(47-43)39-13-7-15-41-42(39)38-12-5-6-14-40(38)49-41/h1-27H. The van der Waals surface area contributed by atoms with Crippen LogP contribution in [0.5, 0.6) is 0 Å². The van der Waals surface area contributed by atoms with Gasteiger partial charge in [-0.3, -0.25) is 0 Å². The minimum absolute atomic E-state index is 0.606. The number of aromatic nitrogens is 3. The van der Waals surface area contributed by atoms with Gasteiger partial charge in [-0.2, -0.15) is 0 Å². The molecule has 228 valence electrons. The number of nitrogens with zero attached hydrogens (tertiary/aromatic N) is 3. The molecule has 10 aromatic rings. The van der Waals surface area contributed by atoms with Gasteiger partial charge in [-0.1, -0.05) is 140 Å². The van der Waals surface area contributed by atoms with E-state index in [0.717, 1.165) is 49.6 Å². The molecule has 0 unspecified atom stereocenters. The van der Waals surface area contributed by atoms with Gasteiger partial charge in [-0.25, -0.2) is 15.0 Å². The van der Waals surface area contributed by atoms with E-state index in [1.807, 2.05) is 30.3 Å². The Bertz CT molecular complexity index is 2890. The molecule has 0 saturated carbocycles. The summed E-state index contributed by atoms with van der Waals surface area (Å²) in [7, 11) is 0. The lowest BCUT2D eigenvalue weighted by molar-refractivity contribution is 0.669. The number of hydrogen-bond donors (Lipinski definition) is 0. The molecule has 0 saturated heterocycles. The number of hydrogen-bond acceptors (Lipinski definition) is 4. The van der Waals surface area contributed by atoms with Crippen LogP contribution in [0.2, 0.25) is 0 Å². The lowest BCUT2D eigenvalue weighted by Crippen LogP contribution is -2.00. The Morgan fingerprint density at radius 3 is 1.78 bits per heavy atom. The molecule has 0 spiro atoms. The van der Waals surface area contributed by atoms with Crippen molar-refractivity contribution in [3.05, 3.63) is 164 Å². The van der Waals surface area contributed by atoms with E-state index in [1.165, 1.54) is 32.5 Å². The van der Waals surface area contributed by atoms with Crippen molar-refractivity contribution in [1.82, 2.24) is 15.0 Å². The number of benzene rings is 8. The maximum Gasteiger partial charge on any atom is 0.164 e. The summed E-state index contributed by atoms with van der Waals surface area (Å²) in [4.78, 5) is 15.4. The Kier molecular flexibility index (Phi) is 6.15. The zero-order chi connectivity index (χ0) is 32.3. The molecule has 0 aliphatic heterocycles. The molecule has 4 heteroatoms. The summed E-state index contributed by atoms with van der Waals surface area (Å²) in [5.41, 5.74) is 6.72. The van der Waals surface area contributed by atoms with Gasteiger partial charge >= 0.3 is 0 Å². The molecule has 2 heterocycles. The molecular formula is C45H27N3O. The molecule has 0 bridgehead atoms. The van der Waals surface area contributed by atoms with Gasteiger partial charge in [0.15, 0.2) is 17.5 Å². The van der Waals surface area contributed by atoms with Gasteiger partial charge in [0.2, 0.25) is 0 Å². The smallest absolute Gasteiger partial charge is 0.164 e. The summed E-state index contributed by atoms with van der Waals surface area (Å²) in [5.74, 6) is 1.85. The maximum absolute atomic E-state index is 6.24. The van der Waals surface area contributed by atoms with Crippen LogP contribution in [0.15, 0.2) is 168 Å². The number of rotatable bonds is 4. The Balaban J connectivity index is 1.15. The number of para-hydroxylation sites is 1. The first-order valence-corrected chi connectivity index (χ1v) is 16.4. The summed E-state index contributed by atoms with van der Waals surface area (Å²) in [6.45, 7) is 0. The lowest BCUT2D eigenvalue weighted by Gasteiger charge is -2.11. The van der Waals surface area contributed by atoms with Crippen LogP contribution in [0.1, 0.15) is 0 Å². The van der Waals surface area contributed by atoms with Gasteiger partial charge in [-0.15, -0.1) is 0 Å². The van der Waals surface area contributed by atoms with Crippen molar-refractivity contribution in [2.75, 3.05) is 0 Å². The predicted molar refractivity (Wildman–Crippen MR) is 201 cm³/mol. The SMILES string of the molecule is c1ccc2cc(-c3ccc(-c4nc(-c5ccc6c(ccc7ccccc76)c5)nc(-c5cccc6oc7ccccc7c56)n4)cc3)ccc2c1. The van der Waals surface area contributed by atoms with E-state index < -0.39 is 0 Å². The zero-order valence-electron chi connectivity index (χ0n) is 26.3. The highest BCUT2D eigenvalue weighted by Gasteiger charge is 2.18. The van der Waals surface area contributed by atoms with Crippen molar-refractivity contribution >= 4 is 54.3 Å². The zero-order valence-corrected chi connectivity index (χ0v) is 26.3. The van der Waals surface area contributed by atoms with Crippen molar-refractivity contribution in [1.29, 1.82) is 0 Å². The molecule has 8 aromatic carbocycles. The summed E-state index contributed by atoms with van der Waals surface area (Å²) in [6, 6.07) is 57.1. The molecule has 0 amide bonds. The van der Waals surface area contributed by atoms with Crippen molar-refractivity contribution in [2.45, 2.75) is 0 Å². The molecular weight excluding hydrogens is 599 g/mol. The summed E-state index contributed by atoms with van der Waals surface area (Å²) >= 11 is 0. The van der Waals surface area contributed by atoms with Gasteiger partial charge in [0.05, 0.1) is 0 Å².